The molecule has 160 valence electrons. The molecule has 0 atom stereocenters. The Morgan fingerprint density at radius 2 is 2.07 bits per heavy atom. The number of fused-ring (bicyclic) bond motifs is 1. The van der Waals surface area contributed by atoms with Crippen molar-refractivity contribution in [2.24, 2.45) is 0 Å². The number of H-pyrrole nitrogens is 1. The molecule has 3 rings (SSSR count). The quantitative estimate of drug-likeness (QED) is 0.520. The largest absolute Gasteiger partial charge is 0.479 e. The first-order valence-corrected chi connectivity index (χ1v) is 10.2. The zero-order chi connectivity index (χ0) is 22.1. The number of aromatic amines is 1. The van der Waals surface area contributed by atoms with Crippen LogP contribution >= 0.6 is 0 Å². The molecule has 0 radical (unpaired) electrons. The van der Waals surface area contributed by atoms with Crippen LogP contribution in [0.5, 0.6) is 5.88 Å². The number of ketones is 1. The highest BCUT2D eigenvalue weighted by Crippen LogP contribution is 2.26. The van der Waals surface area contributed by atoms with Gasteiger partial charge in [-0.05, 0) is 23.8 Å². The maximum Gasteiger partial charge on any atom is 0.301 e. The van der Waals surface area contributed by atoms with Crippen LogP contribution < -0.4 is 9.46 Å². The number of nitrogens with zero attached hydrogens (tertiary/aromatic N) is 3. The van der Waals surface area contributed by atoms with Crippen LogP contribution in [-0.4, -0.2) is 54.4 Å². The van der Waals surface area contributed by atoms with Gasteiger partial charge in [0, 0.05) is 26.2 Å². The number of hydrogen-bond acceptors (Lipinski definition) is 6. The van der Waals surface area contributed by atoms with Crippen LogP contribution in [-0.2, 0) is 16.6 Å². The second-order valence-corrected chi connectivity index (χ2v) is 8.16. The summed E-state index contributed by atoms with van der Waals surface area (Å²) in [4.78, 5) is 16.7. The lowest BCUT2D eigenvalue weighted by Crippen LogP contribution is -2.32. The van der Waals surface area contributed by atoms with Crippen LogP contribution in [0.4, 0.5) is 14.5 Å². The summed E-state index contributed by atoms with van der Waals surface area (Å²) in [5.74, 6) is -3.00. The van der Waals surface area contributed by atoms with Crippen LogP contribution in [0.1, 0.15) is 22.8 Å². The fraction of sp³-hybridized carbons (Fsp3) is 0.278. The standard InChI is InChI=1S/C18H19F2N5O4S/c1-4-25(2)30(27,28)24-13-6-5-12(19)15(16(13)20)14(26)8-10-7-11-17(21-9-10)22-23-18(11)29-3/h5-7,9,24H,4,8H2,1-3H3,(H,21,22,23). The van der Waals surface area contributed by atoms with Gasteiger partial charge in [0.15, 0.2) is 17.2 Å². The highest BCUT2D eigenvalue weighted by Gasteiger charge is 2.24. The predicted octanol–water partition coefficient (Wildman–Crippen LogP) is 2.28. The minimum atomic E-state index is -4.05. The maximum absolute atomic E-state index is 14.8. The van der Waals surface area contributed by atoms with E-state index in [-0.39, 0.29) is 18.8 Å². The van der Waals surface area contributed by atoms with Gasteiger partial charge in [0.2, 0.25) is 5.88 Å². The number of anilines is 1. The molecule has 30 heavy (non-hydrogen) atoms. The number of halogens is 2. The highest BCUT2D eigenvalue weighted by molar-refractivity contribution is 7.90. The van der Waals surface area contributed by atoms with Gasteiger partial charge in [-0.15, -0.1) is 5.10 Å². The highest BCUT2D eigenvalue weighted by atomic mass is 32.2. The molecular formula is C18H19F2N5O4S. The third-order valence-corrected chi connectivity index (χ3v) is 6.02. The molecule has 0 aliphatic carbocycles. The van der Waals surface area contributed by atoms with E-state index < -0.39 is 38.9 Å². The van der Waals surface area contributed by atoms with Crippen LogP contribution in [0.15, 0.2) is 24.4 Å². The van der Waals surface area contributed by atoms with Gasteiger partial charge in [-0.25, -0.2) is 13.8 Å². The molecule has 2 aromatic heterocycles. The number of nitrogens with one attached hydrogen (secondary N) is 2. The van der Waals surface area contributed by atoms with Crippen LogP contribution in [0.25, 0.3) is 11.0 Å². The number of aromatic nitrogens is 3. The molecule has 3 aromatic rings. The molecule has 2 heterocycles. The summed E-state index contributed by atoms with van der Waals surface area (Å²) in [7, 11) is -1.34. The summed E-state index contributed by atoms with van der Waals surface area (Å²) >= 11 is 0. The van der Waals surface area contributed by atoms with E-state index in [1.165, 1.54) is 20.4 Å². The average Bonchev–Trinajstić information content (AvgIpc) is 3.11. The lowest BCUT2D eigenvalue weighted by molar-refractivity contribution is 0.0985. The van der Waals surface area contributed by atoms with Gasteiger partial charge in [0.05, 0.1) is 23.7 Å². The molecule has 2 N–H and O–H groups in total. The topological polar surface area (TPSA) is 117 Å². The van der Waals surface area contributed by atoms with Gasteiger partial charge in [-0.1, -0.05) is 6.92 Å². The fourth-order valence-electron chi connectivity index (χ4n) is 2.72. The summed E-state index contributed by atoms with van der Waals surface area (Å²) in [6.45, 7) is 1.73. The second kappa shape index (κ2) is 8.32. The fourth-order valence-corrected chi connectivity index (χ4v) is 3.66. The predicted molar refractivity (Wildman–Crippen MR) is 106 cm³/mol. The first-order valence-electron chi connectivity index (χ1n) is 8.80. The molecule has 0 spiro atoms. The van der Waals surface area contributed by atoms with Crippen molar-refractivity contribution in [3.63, 3.8) is 0 Å². The minimum absolute atomic E-state index is 0.136. The van der Waals surface area contributed by atoms with Gasteiger partial charge in [-0.2, -0.15) is 12.7 Å². The SMILES string of the molecule is CCN(C)S(=O)(=O)Nc1ccc(F)c(C(=O)Cc2cnc3[nH]nc(OC)c3c2)c1F. The molecule has 0 unspecified atom stereocenters. The minimum Gasteiger partial charge on any atom is -0.479 e. The monoisotopic (exact) mass is 439 g/mol. The van der Waals surface area contributed by atoms with E-state index in [9.17, 15) is 22.0 Å². The Morgan fingerprint density at radius 1 is 1.33 bits per heavy atom. The Kier molecular flexibility index (Phi) is 5.99. The Balaban J connectivity index is 1.92. The van der Waals surface area contributed by atoms with Gasteiger partial charge < -0.3 is 4.74 Å². The van der Waals surface area contributed by atoms with Gasteiger partial charge in [0.25, 0.3) is 0 Å². The Bertz CT molecular complexity index is 1210. The molecule has 1 aromatic carbocycles. The number of ether oxygens (including phenoxy) is 1. The number of rotatable bonds is 8. The van der Waals surface area contributed by atoms with Crippen LogP contribution in [0.2, 0.25) is 0 Å². The second-order valence-electron chi connectivity index (χ2n) is 6.38. The van der Waals surface area contributed by atoms with E-state index in [2.05, 4.69) is 15.2 Å². The number of methoxy groups -OCH3 is 1. The van der Waals surface area contributed by atoms with E-state index >= 15 is 0 Å². The smallest absolute Gasteiger partial charge is 0.301 e. The van der Waals surface area contributed by atoms with Gasteiger partial charge in [-0.3, -0.25) is 14.6 Å². The lowest BCUT2D eigenvalue weighted by Gasteiger charge is -2.17. The number of Topliss-reactive ketones (excluding diaryl/α,β-unsaturated/α-hetero) is 1. The molecule has 0 bridgehead atoms. The van der Waals surface area contributed by atoms with E-state index in [1.54, 1.807) is 13.0 Å². The molecule has 0 amide bonds. The van der Waals surface area contributed by atoms with E-state index in [1.807, 2.05) is 4.72 Å². The molecule has 0 aliphatic rings. The molecule has 0 saturated carbocycles. The number of carbonyl (C=O) groups is 1. The normalized spacial score (nSPS) is 11.8. The van der Waals surface area contributed by atoms with Crippen molar-refractivity contribution in [1.29, 1.82) is 0 Å². The van der Waals surface area contributed by atoms with Crippen molar-refractivity contribution in [2.75, 3.05) is 25.4 Å². The Morgan fingerprint density at radius 3 is 2.73 bits per heavy atom. The number of hydrogen-bond donors (Lipinski definition) is 2. The van der Waals surface area contributed by atoms with E-state index in [0.29, 0.717) is 16.6 Å². The first-order chi connectivity index (χ1) is 14.2. The Labute approximate surface area is 171 Å². The number of pyridine rings is 1. The zero-order valence-electron chi connectivity index (χ0n) is 16.4. The third kappa shape index (κ3) is 4.09. The van der Waals surface area contributed by atoms with Crippen molar-refractivity contribution in [1.82, 2.24) is 19.5 Å². The van der Waals surface area contributed by atoms with Crippen molar-refractivity contribution >= 4 is 32.7 Å². The summed E-state index contributed by atoms with van der Waals surface area (Å²) in [6.07, 6.45) is 1.01. The molecule has 0 fully saturated rings. The number of carbonyl (C=O) groups excluding carboxylic acids is 1. The number of benzene rings is 1. The van der Waals surface area contributed by atoms with E-state index in [0.717, 1.165) is 16.4 Å². The van der Waals surface area contributed by atoms with E-state index in [4.69, 9.17) is 4.74 Å². The molecular weight excluding hydrogens is 420 g/mol. The first kappa shape index (κ1) is 21.6. The molecule has 0 saturated heterocycles. The zero-order valence-corrected chi connectivity index (χ0v) is 17.2. The Hall–Kier alpha value is -3.12. The third-order valence-electron chi connectivity index (χ3n) is 4.46. The van der Waals surface area contributed by atoms with Crippen molar-refractivity contribution in [3.8, 4) is 5.88 Å². The van der Waals surface area contributed by atoms with Crippen LogP contribution in [0, 0.1) is 11.6 Å². The van der Waals surface area contributed by atoms with Gasteiger partial charge >= 0.3 is 10.2 Å². The maximum atomic E-state index is 14.8. The summed E-state index contributed by atoms with van der Waals surface area (Å²) in [6, 6.07) is 3.33. The molecule has 12 heteroatoms. The van der Waals surface area contributed by atoms with Crippen LogP contribution in [0.3, 0.4) is 0 Å². The van der Waals surface area contributed by atoms with Gasteiger partial charge in [0.1, 0.15) is 5.82 Å². The summed E-state index contributed by atoms with van der Waals surface area (Å²) in [5, 5.41) is 7.06. The lowest BCUT2D eigenvalue weighted by atomic mass is 10.0. The molecule has 9 nitrogen and oxygen atoms in total. The molecule has 0 aliphatic heterocycles. The van der Waals surface area contributed by atoms with Crippen molar-refractivity contribution < 1.29 is 26.7 Å². The average molecular weight is 439 g/mol. The van der Waals surface area contributed by atoms with Crippen molar-refractivity contribution in [3.05, 3.63) is 47.2 Å². The van der Waals surface area contributed by atoms with Crippen molar-refractivity contribution in [2.45, 2.75) is 13.3 Å². The summed E-state index contributed by atoms with van der Waals surface area (Å²) in [5.41, 5.74) is -0.557. The summed E-state index contributed by atoms with van der Waals surface area (Å²) < 4.78 is 61.4.